The molecule has 1 N–H and O–H groups in total. The first-order valence-electron chi connectivity index (χ1n) is 14.5. The van der Waals surface area contributed by atoms with Crippen LogP contribution in [0, 0.1) is 12.8 Å². The second kappa shape index (κ2) is 15.5. The zero-order valence-corrected chi connectivity index (χ0v) is 27.3. The molecule has 0 heterocycles. The van der Waals surface area contributed by atoms with Gasteiger partial charge in [-0.2, -0.15) is 0 Å². The number of hydrogen-bond donors (Lipinski definition) is 1. The van der Waals surface area contributed by atoms with Crippen molar-refractivity contribution in [1.82, 2.24) is 10.2 Å². The van der Waals surface area contributed by atoms with Crippen LogP contribution < -0.4 is 23.8 Å². The minimum absolute atomic E-state index is 0.00388. The smallest absolute Gasteiger partial charge is 0.264 e. The summed E-state index contributed by atoms with van der Waals surface area (Å²) < 4.78 is 45.6. The molecule has 1 unspecified atom stereocenters. The van der Waals surface area contributed by atoms with Crippen LogP contribution in [0.2, 0.25) is 0 Å². The van der Waals surface area contributed by atoms with Crippen molar-refractivity contribution >= 4 is 27.5 Å². The van der Waals surface area contributed by atoms with Gasteiger partial charge in [0.15, 0.2) is 0 Å². The Morgan fingerprint density at radius 3 is 2.02 bits per heavy atom. The number of nitrogens with one attached hydrogen (secondary N) is 1. The van der Waals surface area contributed by atoms with Crippen LogP contribution in [0.5, 0.6) is 17.2 Å². The van der Waals surface area contributed by atoms with Crippen molar-refractivity contribution in [2.45, 2.75) is 51.6 Å². The molecule has 0 saturated carbocycles. The lowest BCUT2D eigenvalue weighted by Gasteiger charge is -2.33. The van der Waals surface area contributed by atoms with Crippen LogP contribution in [0.1, 0.15) is 38.3 Å². The number of rotatable bonds is 15. The van der Waals surface area contributed by atoms with E-state index in [1.165, 1.54) is 37.3 Å². The number of hydrogen-bond acceptors (Lipinski definition) is 7. The van der Waals surface area contributed by atoms with Gasteiger partial charge in [0.05, 0.1) is 31.9 Å². The second-order valence-corrected chi connectivity index (χ2v) is 12.7. The van der Waals surface area contributed by atoms with E-state index in [1.54, 1.807) is 43.5 Å². The first-order valence-corrected chi connectivity index (χ1v) is 15.9. The van der Waals surface area contributed by atoms with Crippen molar-refractivity contribution in [3.63, 3.8) is 0 Å². The van der Waals surface area contributed by atoms with Crippen molar-refractivity contribution < 1.29 is 32.2 Å². The van der Waals surface area contributed by atoms with E-state index in [1.807, 2.05) is 39.8 Å². The largest absolute Gasteiger partial charge is 0.497 e. The van der Waals surface area contributed by atoms with Gasteiger partial charge in [-0.05, 0) is 61.2 Å². The highest BCUT2D eigenvalue weighted by molar-refractivity contribution is 7.92. The summed E-state index contributed by atoms with van der Waals surface area (Å²) in [5.74, 6) is 0.597. The van der Waals surface area contributed by atoms with Crippen molar-refractivity contribution in [2.75, 3.05) is 38.7 Å². The Morgan fingerprint density at radius 2 is 1.48 bits per heavy atom. The number of carbonyl (C=O) groups is 2. The van der Waals surface area contributed by atoms with Crippen molar-refractivity contribution in [3.05, 3.63) is 77.9 Å². The lowest BCUT2D eigenvalue weighted by Crippen LogP contribution is -2.52. The van der Waals surface area contributed by atoms with Crippen LogP contribution in [-0.4, -0.2) is 65.6 Å². The van der Waals surface area contributed by atoms with Crippen LogP contribution in [-0.2, 0) is 26.2 Å². The van der Waals surface area contributed by atoms with E-state index in [2.05, 4.69) is 5.32 Å². The van der Waals surface area contributed by atoms with E-state index < -0.39 is 28.5 Å². The molecule has 11 heteroatoms. The Labute approximate surface area is 261 Å². The second-order valence-electron chi connectivity index (χ2n) is 10.8. The third-order valence-corrected chi connectivity index (χ3v) is 8.90. The normalized spacial score (nSPS) is 11.9. The van der Waals surface area contributed by atoms with E-state index in [9.17, 15) is 18.0 Å². The summed E-state index contributed by atoms with van der Waals surface area (Å²) in [6.07, 6.45) is 0.318. The molecule has 2 amide bonds. The predicted molar refractivity (Wildman–Crippen MR) is 171 cm³/mol. The van der Waals surface area contributed by atoms with Crippen LogP contribution in [0.25, 0.3) is 0 Å². The highest BCUT2D eigenvalue weighted by Gasteiger charge is 2.35. The van der Waals surface area contributed by atoms with Gasteiger partial charge in [-0.1, -0.05) is 50.6 Å². The topological polar surface area (TPSA) is 114 Å². The van der Waals surface area contributed by atoms with Crippen LogP contribution in [0.3, 0.4) is 0 Å². The third kappa shape index (κ3) is 8.43. The Hall–Kier alpha value is -4.25. The summed E-state index contributed by atoms with van der Waals surface area (Å²) in [6, 6.07) is 17.4. The van der Waals surface area contributed by atoms with E-state index in [0.29, 0.717) is 24.5 Å². The molecule has 0 aliphatic rings. The van der Waals surface area contributed by atoms with Crippen LogP contribution in [0.4, 0.5) is 5.69 Å². The molecule has 10 nitrogen and oxygen atoms in total. The number of amides is 2. The number of ether oxygens (including phenoxy) is 3. The summed E-state index contributed by atoms with van der Waals surface area (Å²) in [5, 5.41) is 2.93. The van der Waals surface area contributed by atoms with Crippen molar-refractivity contribution in [2.24, 2.45) is 5.92 Å². The monoisotopic (exact) mass is 625 g/mol. The molecule has 0 radical (unpaired) electrons. The van der Waals surface area contributed by atoms with Gasteiger partial charge in [-0.15, -0.1) is 0 Å². The number of nitrogens with zero attached hydrogens (tertiary/aromatic N) is 2. The lowest BCUT2D eigenvalue weighted by molar-refractivity contribution is -0.140. The molecule has 0 aromatic heterocycles. The summed E-state index contributed by atoms with van der Waals surface area (Å²) in [5.41, 5.74) is 1.76. The first-order chi connectivity index (χ1) is 20.9. The quantitative estimate of drug-likeness (QED) is 0.258. The zero-order chi connectivity index (χ0) is 32.4. The number of benzene rings is 3. The highest BCUT2D eigenvalue weighted by atomic mass is 32.2. The van der Waals surface area contributed by atoms with Gasteiger partial charge in [0.1, 0.15) is 29.8 Å². The number of carbonyl (C=O) groups excluding carboxylic acids is 2. The fourth-order valence-electron chi connectivity index (χ4n) is 4.61. The minimum Gasteiger partial charge on any atom is -0.497 e. The SMILES string of the molecule is CCC(C(=O)NCC(C)C)N(Cc1ccc(OC)cc1)C(=O)CN(c1cc(OC)ccc1OC)S(=O)(=O)c1ccc(C)cc1. The van der Waals surface area contributed by atoms with Gasteiger partial charge in [-0.3, -0.25) is 13.9 Å². The molecule has 0 fully saturated rings. The highest BCUT2D eigenvalue weighted by Crippen LogP contribution is 2.36. The number of anilines is 1. The Balaban J connectivity index is 2.13. The average molecular weight is 626 g/mol. The van der Waals surface area contributed by atoms with Crippen molar-refractivity contribution in [1.29, 1.82) is 0 Å². The van der Waals surface area contributed by atoms with Gasteiger partial charge in [-0.25, -0.2) is 8.42 Å². The summed E-state index contributed by atoms with van der Waals surface area (Å²) >= 11 is 0. The fourth-order valence-corrected chi connectivity index (χ4v) is 6.03. The molecule has 3 rings (SSSR count). The molecule has 44 heavy (non-hydrogen) atoms. The molecule has 0 bridgehead atoms. The lowest BCUT2D eigenvalue weighted by atomic mass is 10.1. The van der Waals surface area contributed by atoms with E-state index in [4.69, 9.17) is 14.2 Å². The van der Waals surface area contributed by atoms with E-state index >= 15 is 0 Å². The number of sulfonamides is 1. The molecule has 0 spiro atoms. The third-order valence-electron chi connectivity index (χ3n) is 7.12. The minimum atomic E-state index is -4.28. The molecule has 238 valence electrons. The van der Waals surface area contributed by atoms with Gasteiger partial charge in [0, 0.05) is 19.2 Å². The molecule has 0 aliphatic carbocycles. The summed E-state index contributed by atoms with van der Waals surface area (Å²) in [7, 11) is 0.171. The molecule has 1 atom stereocenters. The number of aryl methyl sites for hydroxylation is 1. The van der Waals surface area contributed by atoms with Gasteiger partial charge < -0.3 is 24.4 Å². The van der Waals surface area contributed by atoms with Crippen LogP contribution >= 0.6 is 0 Å². The standard InChI is InChI=1S/C33H43N3O7S/c1-8-29(33(38)34-20-23(2)3)35(21-25-11-13-26(41-5)14-12-25)32(37)22-36(30-19-27(42-6)15-18-31(30)43-7)44(39,40)28-16-9-24(4)10-17-28/h9-19,23,29H,8,20-22H2,1-7H3,(H,34,38). The zero-order valence-electron chi connectivity index (χ0n) is 26.5. The Kier molecular flexibility index (Phi) is 12.0. The average Bonchev–Trinajstić information content (AvgIpc) is 3.02. The van der Waals surface area contributed by atoms with Crippen molar-refractivity contribution in [3.8, 4) is 17.2 Å². The van der Waals surface area contributed by atoms with Crippen LogP contribution in [0.15, 0.2) is 71.6 Å². The fraction of sp³-hybridized carbons (Fsp3) is 0.394. The maximum atomic E-state index is 14.3. The predicted octanol–water partition coefficient (Wildman–Crippen LogP) is 4.80. The van der Waals surface area contributed by atoms with Gasteiger partial charge in [0.25, 0.3) is 10.0 Å². The molecule has 3 aromatic rings. The molecular formula is C33H43N3O7S. The Morgan fingerprint density at radius 1 is 0.864 bits per heavy atom. The molecule has 0 aliphatic heterocycles. The molecular weight excluding hydrogens is 582 g/mol. The maximum absolute atomic E-state index is 14.3. The van der Waals surface area contributed by atoms with Gasteiger partial charge in [0.2, 0.25) is 11.8 Å². The summed E-state index contributed by atoms with van der Waals surface area (Å²) in [4.78, 5) is 29.2. The maximum Gasteiger partial charge on any atom is 0.264 e. The first kappa shape index (κ1) is 34.2. The molecule has 3 aromatic carbocycles. The summed E-state index contributed by atoms with van der Waals surface area (Å²) in [6.45, 7) is 7.56. The van der Waals surface area contributed by atoms with Gasteiger partial charge >= 0.3 is 0 Å². The van der Waals surface area contributed by atoms with E-state index in [-0.39, 0.29) is 34.7 Å². The number of methoxy groups -OCH3 is 3. The molecule has 0 saturated heterocycles. The Bertz CT molecular complexity index is 1510. The van der Waals surface area contributed by atoms with E-state index in [0.717, 1.165) is 15.4 Å².